The molecule has 1 heterocycles. The molecule has 1 saturated carbocycles. The molecule has 2 fully saturated rings. The number of anilines is 1. The number of rotatable bonds is 3. The van der Waals surface area contributed by atoms with Gasteiger partial charge in [0.25, 0.3) is 0 Å². The second kappa shape index (κ2) is 5.56. The number of carbonyl (C=O) groups excluding carboxylic acids is 2. The van der Waals surface area contributed by atoms with Gasteiger partial charge in [-0.05, 0) is 68.0 Å². The van der Waals surface area contributed by atoms with E-state index in [1.807, 2.05) is 50.2 Å². The molecular weight excluding hydrogens is 338 g/mol. The Labute approximate surface area is 158 Å². The highest BCUT2D eigenvalue weighted by Gasteiger charge is 2.67. The lowest BCUT2D eigenvalue weighted by atomic mass is 9.71. The highest BCUT2D eigenvalue weighted by Crippen LogP contribution is 2.60. The molecule has 2 aromatic rings. The Morgan fingerprint density at radius 2 is 1.78 bits per heavy atom. The molecule has 4 nitrogen and oxygen atoms in total. The van der Waals surface area contributed by atoms with Crippen LogP contribution in [0.15, 0.2) is 60.7 Å². The van der Waals surface area contributed by atoms with E-state index in [9.17, 15) is 9.59 Å². The van der Waals surface area contributed by atoms with Crippen molar-refractivity contribution < 1.29 is 14.3 Å². The summed E-state index contributed by atoms with van der Waals surface area (Å²) < 4.78 is 5.92. The van der Waals surface area contributed by atoms with Crippen LogP contribution in [-0.4, -0.2) is 11.8 Å². The molecule has 0 unspecified atom stereocenters. The van der Waals surface area contributed by atoms with Crippen molar-refractivity contribution in [3.8, 4) is 11.5 Å². The smallest absolute Gasteiger partial charge is 0.241 e. The Morgan fingerprint density at radius 1 is 1.04 bits per heavy atom. The molecule has 2 amide bonds. The average molecular weight is 359 g/mol. The Balaban J connectivity index is 1.42. The van der Waals surface area contributed by atoms with Gasteiger partial charge in [-0.1, -0.05) is 30.4 Å². The number of amides is 2. The predicted octanol–water partition coefficient (Wildman–Crippen LogP) is 4.49. The Morgan fingerprint density at radius 3 is 2.48 bits per heavy atom. The van der Waals surface area contributed by atoms with Crippen LogP contribution in [0.5, 0.6) is 11.5 Å². The number of allylic oxidation sites excluding steroid dienone is 2. The Bertz CT molecular complexity index is 977. The van der Waals surface area contributed by atoms with Gasteiger partial charge in [0.1, 0.15) is 11.5 Å². The fraction of sp³-hybridized carbons (Fsp3) is 0.304. The largest absolute Gasteiger partial charge is 0.457 e. The molecule has 2 aliphatic carbocycles. The molecule has 2 aromatic carbocycles. The van der Waals surface area contributed by atoms with Crippen LogP contribution in [0, 0.1) is 30.1 Å². The van der Waals surface area contributed by atoms with Gasteiger partial charge >= 0.3 is 0 Å². The highest BCUT2D eigenvalue weighted by molar-refractivity contribution is 6.24. The minimum absolute atomic E-state index is 0.0630. The average Bonchev–Trinajstić information content (AvgIpc) is 3.30. The minimum atomic E-state index is -0.590. The third-order valence-corrected chi connectivity index (χ3v) is 6.53. The maximum Gasteiger partial charge on any atom is 0.241 e. The quantitative estimate of drug-likeness (QED) is 0.599. The molecule has 2 bridgehead atoms. The van der Waals surface area contributed by atoms with Gasteiger partial charge in [-0.3, -0.25) is 9.59 Å². The summed E-state index contributed by atoms with van der Waals surface area (Å²) in [6.07, 6.45) is 5.16. The maximum absolute atomic E-state index is 13.2. The first-order valence-corrected chi connectivity index (χ1v) is 9.40. The van der Waals surface area contributed by atoms with E-state index in [2.05, 4.69) is 12.2 Å². The number of nitrogens with zero attached hydrogens (tertiary/aromatic N) is 1. The zero-order chi connectivity index (χ0) is 18.8. The molecule has 0 N–H and O–H groups in total. The summed E-state index contributed by atoms with van der Waals surface area (Å²) in [7, 11) is 0. The number of carbonyl (C=O) groups is 2. The fourth-order valence-corrected chi connectivity index (χ4v) is 5.01. The predicted molar refractivity (Wildman–Crippen MR) is 103 cm³/mol. The van der Waals surface area contributed by atoms with E-state index in [1.165, 1.54) is 4.90 Å². The molecule has 3 aliphatic rings. The molecule has 4 heteroatoms. The summed E-state index contributed by atoms with van der Waals surface area (Å²) in [6, 6.07) is 15.0. The topological polar surface area (TPSA) is 46.6 Å². The van der Waals surface area contributed by atoms with E-state index in [-0.39, 0.29) is 29.6 Å². The number of benzene rings is 2. The van der Waals surface area contributed by atoms with E-state index in [0.29, 0.717) is 11.4 Å². The zero-order valence-corrected chi connectivity index (χ0v) is 15.4. The number of imide groups is 1. The maximum atomic E-state index is 13.2. The molecule has 5 rings (SSSR count). The van der Waals surface area contributed by atoms with E-state index in [1.54, 1.807) is 12.1 Å². The van der Waals surface area contributed by atoms with Crippen molar-refractivity contribution in [3.63, 3.8) is 0 Å². The van der Waals surface area contributed by atoms with Crippen LogP contribution in [0.25, 0.3) is 0 Å². The van der Waals surface area contributed by atoms with Crippen LogP contribution in [0.2, 0.25) is 0 Å². The fourth-order valence-electron chi connectivity index (χ4n) is 5.01. The van der Waals surface area contributed by atoms with Crippen LogP contribution in [-0.2, 0) is 9.59 Å². The van der Waals surface area contributed by atoms with Crippen molar-refractivity contribution in [2.45, 2.75) is 20.3 Å². The zero-order valence-electron chi connectivity index (χ0n) is 15.4. The molecule has 4 atom stereocenters. The van der Waals surface area contributed by atoms with Gasteiger partial charge in [-0.2, -0.15) is 0 Å². The molecule has 1 aliphatic heterocycles. The molecule has 136 valence electrons. The number of para-hydroxylation sites is 1. The first kappa shape index (κ1) is 16.3. The number of fused-ring (bicyclic) bond motifs is 5. The highest BCUT2D eigenvalue weighted by atomic mass is 16.5. The monoisotopic (exact) mass is 359 g/mol. The van der Waals surface area contributed by atoms with Crippen molar-refractivity contribution in [3.05, 3.63) is 66.2 Å². The third kappa shape index (κ3) is 2.16. The first-order valence-electron chi connectivity index (χ1n) is 9.40. The summed E-state index contributed by atoms with van der Waals surface area (Å²) >= 11 is 0. The van der Waals surface area contributed by atoms with Crippen LogP contribution in [0.1, 0.15) is 18.9 Å². The Hall–Kier alpha value is -2.88. The number of hydrogen-bond acceptors (Lipinski definition) is 3. The van der Waals surface area contributed by atoms with Gasteiger partial charge in [0.15, 0.2) is 0 Å². The van der Waals surface area contributed by atoms with Crippen LogP contribution >= 0.6 is 0 Å². The molecule has 1 saturated heterocycles. The van der Waals surface area contributed by atoms with Gasteiger partial charge < -0.3 is 4.74 Å². The van der Waals surface area contributed by atoms with Gasteiger partial charge in [-0.15, -0.1) is 0 Å². The van der Waals surface area contributed by atoms with E-state index in [4.69, 9.17) is 4.74 Å². The van der Waals surface area contributed by atoms with Crippen molar-refractivity contribution in [2.75, 3.05) is 4.90 Å². The lowest BCUT2D eigenvalue weighted by Gasteiger charge is -2.28. The lowest BCUT2D eigenvalue weighted by molar-refractivity contribution is -0.127. The number of ether oxygens (including phenoxy) is 1. The Kier molecular flexibility index (Phi) is 3.36. The minimum Gasteiger partial charge on any atom is -0.457 e. The summed E-state index contributed by atoms with van der Waals surface area (Å²) in [5, 5.41) is 0. The van der Waals surface area contributed by atoms with Crippen LogP contribution in [0.4, 0.5) is 5.69 Å². The summed E-state index contributed by atoms with van der Waals surface area (Å²) in [4.78, 5) is 27.6. The normalized spacial score (nSPS) is 30.9. The second-order valence-electron chi connectivity index (χ2n) is 7.99. The lowest BCUT2D eigenvalue weighted by Crippen LogP contribution is -2.37. The van der Waals surface area contributed by atoms with Crippen LogP contribution in [0.3, 0.4) is 0 Å². The number of aryl methyl sites for hydroxylation is 1. The van der Waals surface area contributed by atoms with Crippen molar-refractivity contribution in [2.24, 2.45) is 23.2 Å². The van der Waals surface area contributed by atoms with Crippen molar-refractivity contribution >= 4 is 17.5 Å². The second-order valence-corrected chi connectivity index (χ2v) is 7.99. The first-order chi connectivity index (χ1) is 13.0. The van der Waals surface area contributed by atoms with Crippen molar-refractivity contribution in [1.82, 2.24) is 0 Å². The van der Waals surface area contributed by atoms with E-state index < -0.39 is 5.41 Å². The SMILES string of the molecule is Cc1ccccc1Oc1ccc(N2C(=O)[C@H]3[C@H]4C=C[C@@H](C4)[C@]3(C)C2=O)cc1. The standard InChI is InChI=1S/C23H21NO3/c1-14-5-3-4-6-19(14)27-18-11-9-17(10-12-18)24-21(25)20-15-7-8-16(13-15)23(20,2)22(24)26/h3-12,15-16,20H,13H2,1-2H3/t15-,16-,20+,23-/m0/s1. The van der Waals surface area contributed by atoms with Gasteiger partial charge in [-0.25, -0.2) is 4.90 Å². The van der Waals surface area contributed by atoms with Gasteiger partial charge in [0, 0.05) is 0 Å². The van der Waals surface area contributed by atoms with E-state index in [0.717, 1.165) is 17.7 Å². The molecule has 27 heavy (non-hydrogen) atoms. The molecule has 0 aromatic heterocycles. The molecule has 0 spiro atoms. The summed E-state index contributed by atoms with van der Waals surface area (Å²) in [5.41, 5.74) is 1.08. The third-order valence-electron chi connectivity index (χ3n) is 6.53. The number of hydrogen-bond donors (Lipinski definition) is 0. The molecule has 0 radical (unpaired) electrons. The van der Waals surface area contributed by atoms with Crippen LogP contribution < -0.4 is 9.64 Å². The summed E-state index contributed by atoms with van der Waals surface area (Å²) in [5.74, 6) is 1.50. The van der Waals surface area contributed by atoms with Gasteiger partial charge in [0.2, 0.25) is 11.8 Å². The van der Waals surface area contributed by atoms with Crippen molar-refractivity contribution in [1.29, 1.82) is 0 Å². The van der Waals surface area contributed by atoms with Gasteiger partial charge in [0.05, 0.1) is 17.0 Å². The van der Waals surface area contributed by atoms with E-state index >= 15 is 0 Å². The molecular formula is C23H21NO3. The summed E-state index contributed by atoms with van der Waals surface area (Å²) in [6.45, 7) is 3.95.